The van der Waals surface area contributed by atoms with Gasteiger partial charge in [0.15, 0.2) is 5.82 Å². The molecule has 1 aliphatic heterocycles. The average molecular weight is 308 g/mol. The van der Waals surface area contributed by atoms with Gasteiger partial charge in [-0.2, -0.15) is 15.5 Å². The number of aromatic nitrogens is 2. The Morgan fingerprint density at radius 1 is 1.22 bits per heavy atom. The summed E-state index contributed by atoms with van der Waals surface area (Å²) in [5.74, 6) is 1.16. The van der Waals surface area contributed by atoms with Gasteiger partial charge in [-0.3, -0.25) is 4.90 Å². The van der Waals surface area contributed by atoms with Crippen molar-refractivity contribution in [3.8, 4) is 12.1 Å². The number of rotatable bonds is 2. The molecule has 7 heteroatoms. The minimum atomic E-state index is -0.0664. The number of nitriles is 2. The predicted octanol–water partition coefficient (Wildman–Crippen LogP) is 1.61. The second kappa shape index (κ2) is 6.07. The first-order valence-electron chi connectivity index (χ1n) is 7.32. The molecule has 1 fully saturated rings. The molecule has 1 aliphatic rings. The van der Waals surface area contributed by atoms with Gasteiger partial charge in [0, 0.05) is 19.6 Å². The van der Waals surface area contributed by atoms with Gasteiger partial charge in [0.25, 0.3) is 0 Å². The Hall–Kier alpha value is -2.90. The molecule has 0 N–H and O–H groups in total. The normalized spacial score (nSPS) is 18.4. The summed E-state index contributed by atoms with van der Waals surface area (Å²) in [4.78, 5) is 8.52. The van der Waals surface area contributed by atoms with E-state index in [1.54, 1.807) is 25.1 Å². The molecule has 2 aromatic rings. The number of nitrogens with zero attached hydrogens (tertiary/aromatic N) is 6. The van der Waals surface area contributed by atoms with E-state index in [1.807, 2.05) is 7.05 Å². The van der Waals surface area contributed by atoms with Gasteiger partial charge in [-0.15, -0.1) is 0 Å². The zero-order valence-corrected chi connectivity index (χ0v) is 13.0. The maximum absolute atomic E-state index is 9.37. The minimum Gasteiger partial charge on any atom is -0.366 e. The van der Waals surface area contributed by atoms with Crippen LogP contribution in [0.1, 0.15) is 28.9 Å². The lowest BCUT2D eigenvalue weighted by Gasteiger charge is -2.39. The van der Waals surface area contributed by atoms with Gasteiger partial charge in [-0.1, -0.05) is 11.2 Å². The fraction of sp³-hybridized carbons (Fsp3) is 0.375. The number of anilines is 1. The van der Waals surface area contributed by atoms with Crippen LogP contribution in [-0.2, 0) is 0 Å². The molecule has 116 valence electrons. The summed E-state index contributed by atoms with van der Waals surface area (Å²) in [6.45, 7) is 3.88. The lowest BCUT2D eigenvalue weighted by atomic mass is 10.0. The third-order valence-electron chi connectivity index (χ3n) is 4.07. The topological polar surface area (TPSA) is 93.0 Å². The first-order valence-corrected chi connectivity index (χ1v) is 7.32. The van der Waals surface area contributed by atoms with Crippen molar-refractivity contribution in [1.82, 2.24) is 15.0 Å². The molecule has 0 spiro atoms. The maximum Gasteiger partial charge on any atom is 0.245 e. The summed E-state index contributed by atoms with van der Waals surface area (Å²) < 4.78 is 5.31. The number of likely N-dealkylation sites (N-methyl/N-ethyl adjacent to an activating group) is 1. The quantitative estimate of drug-likeness (QED) is 0.832. The minimum absolute atomic E-state index is 0.0664. The van der Waals surface area contributed by atoms with Gasteiger partial charge in [0.05, 0.1) is 16.8 Å². The van der Waals surface area contributed by atoms with Gasteiger partial charge in [-0.05, 0) is 26.1 Å². The van der Waals surface area contributed by atoms with Crippen LogP contribution < -0.4 is 4.90 Å². The van der Waals surface area contributed by atoms with Crippen molar-refractivity contribution in [2.75, 3.05) is 31.6 Å². The Kier molecular flexibility index (Phi) is 3.96. The Bertz CT molecular complexity index is 767. The number of benzene rings is 1. The van der Waals surface area contributed by atoms with E-state index >= 15 is 0 Å². The molecule has 1 aromatic heterocycles. The molecule has 0 aliphatic carbocycles. The Balaban J connectivity index is 1.96. The summed E-state index contributed by atoms with van der Waals surface area (Å²) in [5.41, 5.74) is 1.70. The van der Waals surface area contributed by atoms with Gasteiger partial charge in [-0.25, -0.2) is 0 Å². The molecule has 0 radical (unpaired) electrons. The highest BCUT2D eigenvalue weighted by molar-refractivity contribution is 5.68. The van der Waals surface area contributed by atoms with E-state index in [-0.39, 0.29) is 6.04 Å². The summed E-state index contributed by atoms with van der Waals surface area (Å²) in [7, 11) is 2.00. The summed E-state index contributed by atoms with van der Waals surface area (Å²) in [6, 6.07) is 9.50. The Morgan fingerprint density at radius 2 is 1.91 bits per heavy atom. The highest BCUT2D eigenvalue weighted by Gasteiger charge is 2.31. The third kappa shape index (κ3) is 2.75. The summed E-state index contributed by atoms with van der Waals surface area (Å²) in [5, 5.41) is 22.6. The zero-order chi connectivity index (χ0) is 16.4. The molecule has 0 amide bonds. The van der Waals surface area contributed by atoms with Crippen molar-refractivity contribution in [2.45, 2.75) is 13.0 Å². The average Bonchev–Trinajstić information content (AvgIpc) is 3.00. The van der Waals surface area contributed by atoms with Crippen molar-refractivity contribution < 1.29 is 4.52 Å². The molecule has 0 unspecified atom stereocenters. The largest absolute Gasteiger partial charge is 0.366 e. The molecule has 3 rings (SSSR count). The van der Waals surface area contributed by atoms with Crippen LogP contribution in [-0.4, -0.2) is 41.7 Å². The fourth-order valence-electron chi connectivity index (χ4n) is 2.86. The molecule has 2 heterocycles. The van der Waals surface area contributed by atoms with Crippen molar-refractivity contribution in [3.05, 3.63) is 41.0 Å². The highest BCUT2D eigenvalue weighted by atomic mass is 16.5. The molecule has 1 saturated heterocycles. The van der Waals surface area contributed by atoms with Gasteiger partial charge < -0.3 is 9.42 Å². The second-order valence-electron chi connectivity index (χ2n) is 5.55. The van der Waals surface area contributed by atoms with Crippen LogP contribution in [0.4, 0.5) is 5.69 Å². The van der Waals surface area contributed by atoms with E-state index in [2.05, 4.69) is 32.1 Å². The number of para-hydroxylation sites is 1. The van der Waals surface area contributed by atoms with Gasteiger partial charge in [0.1, 0.15) is 18.2 Å². The van der Waals surface area contributed by atoms with E-state index in [4.69, 9.17) is 4.52 Å². The monoisotopic (exact) mass is 308 g/mol. The summed E-state index contributed by atoms with van der Waals surface area (Å²) in [6.07, 6.45) is 0. The standard InChI is InChI=1S/C16H16N6O/c1-11-19-16(23-20-11)14-10-22(7-6-21(14)2)15-12(8-17)4-3-5-13(15)9-18/h3-5,14H,6-7,10H2,1-2H3/t14-/m1/s1. The first-order chi connectivity index (χ1) is 11.1. The van der Waals surface area contributed by atoms with Crippen LogP contribution in [0, 0.1) is 29.6 Å². The maximum atomic E-state index is 9.37. The van der Waals surface area contributed by atoms with Crippen LogP contribution in [0.25, 0.3) is 0 Å². The zero-order valence-electron chi connectivity index (χ0n) is 13.0. The molecule has 7 nitrogen and oxygen atoms in total. The van der Waals surface area contributed by atoms with Crippen LogP contribution in [0.5, 0.6) is 0 Å². The lowest BCUT2D eigenvalue weighted by molar-refractivity contribution is 0.177. The highest BCUT2D eigenvalue weighted by Crippen LogP contribution is 2.31. The Labute approximate surface area is 134 Å². The van der Waals surface area contributed by atoms with Crippen molar-refractivity contribution in [1.29, 1.82) is 10.5 Å². The van der Waals surface area contributed by atoms with Crippen molar-refractivity contribution in [2.24, 2.45) is 0 Å². The van der Waals surface area contributed by atoms with Gasteiger partial charge in [0.2, 0.25) is 5.89 Å². The number of aryl methyl sites for hydroxylation is 1. The lowest BCUT2D eigenvalue weighted by Crippen LogP contribution is -2.47. The van der Waals surface area contributed by atoms with Crippen LogP contribution in [0.3, 0.4) is 0 Å². The van der Waals surface area contributed by atoms with E-state index < -0.39 is 0 Å². The smallest absolute Gasteiger partial charge is 0.245 e. The summed E-state index contributed by atoms with van der Waals surface area (Å²) >= 11 is 0. The van der Waals surface area contributed by atoms with E-state index in [1.165, 1.54) is 0 Å². The Morgan fingerprint density at radius 3 is 2.48 bits per heavy atom. The molecule has 0 bridgehead atoms. The van der Waals surface area contributed by atoms with Crippen LogP contribution >= 0.6 is 0 Å². The number of hydrogen-bond donors (Lipinski definition) is 0. The van der Waals surface area contributed by atoms with Gasteiger partial charge >= 0.3 is 0 Å². The van der Waals surface area contributed by atoms with Crippen LogP contribution in [0.2, 0.25) is 0 Å². The number of piperazine rings is 1. The SMILES string of the molecule is Cc1noc([C@H]2CN(c3c(C#N)cccc3C#N)CCN2C)n1. The second-order valence-corrected chi connectivity index (χ2v) is 5.55. The van der Waals surface area contributed by atoms with E-state index in [0.29, 0.717) is 35.1 Å². The first kappa shape index (κ1) is 15.0. The van der Waals surface area contributed by atoms with Crippen LogP contribution in [0.15, 0.2) is 22.7 Å². The molecular weight excluding hydrogens is 292 g/mol. The molecule has 1 atom stereocenters. The van der Waals surface area contributed by atoms with E-state index in [9.17, 15) is 10.5 Å². The molecular formula is C16H16N6O. The molecule has 1 aromatic carbocycles. The van der Waals surface area contributed by atoms with E-state index in [0.717, 1.165) is 13.1 Å². The predicted molar refractivity (Wildman–Crippen MR) is 82.5 cm³/mol. The van der Waals surface area contributed by atoms with Crippen molar-refractivity contribution in [3.63, 3.8) is 0 Å². The number of hydrogen-bond acceptors (Lipinski definition) is 7. The molecule has 0 saturated carbocycles. The molecule has 23 heavy (non-hydrogen) atoms. The third-order valence-corrected chi connectivity index (χ3v) is 4.07. The van der Waals surface area contributed by atoms with Crippen molar-refractivity contribution >= 4 is 5.69 Å². The fourth-order valence-corrected chi connectivity index (χ4v) is 2.86.